The Balaban J connectivity index is 2.28. The van der Waals surface area contributed by atoms with Crippen molar-refractivity contribution in [3.8, 4) is 11.3 Å². The van der Waals surface area contributed by atoms with E-state index in [2.05, 4.69) is 26.0 Å². The van der Waals surface area contributed by atoms with Gasteiger partial charge in [0.15, 0.2) is 5.65 Å². The van der Waals surface area contributed by atoms with Crippen molar-refractivity contribution in [2.75, 3.05) is 0 Å². The van der Waals surface area contributed by atoms with Crippen LogP contribution in [0.2, 0.25) is 5.02 Å². The molecule has 0 saturated carbocycles. The highest BCUT2D eigenvalue weighted by molar-refractivity contribution is 9.10. The van der Waals surface area contributed by atoms with Gasteiger partial charge in [0.05, 0.1) is 20.8 Å². The Kier molecular flexibility index (Phi) is 3.38. The summed E-state index contributed by atoms with van der Waals surface area (Å²) >= 11 is 9.27. The zero-order valence-corrected chi connectivity index (χ0v) is 13.1. The fraction of sp³-hybridized carbons (Fsp3) is 0.0769. The predicted octanol–water partition coefficient (Wildman–Crippen LogP) is 4.03. The molecule has 2 heterocycles. The molecule has 3 aromatic rings. The number of halogens is 2. The number of nitro groups is 1. The Morgan fingerprint density at radius 2 is 2.14 bits per heavy atom. The Morgan fingerprint density at radius 1 is 1.38 bits per heavy atom. The minimum atomic E-state index is -0.505. The van der Waals surface area contributed by atoms with Gasteiger partial charge in [-0.25, -0.2) is 9.50 Å². The average Bonchev–Trinajstić information content (AvgIpc) is 2.75. The largest absolute Gasteiger partial charge is 0.288 e. The lowest BCUT2D eigenvalue weighted by atomic mass is 10.1. The SMILES string of the molecule is Cc1nn2c(-c3ccc(Cl)c([N+](=O)[O-])c3)ccnc2c1Br. The molecule has 0 amide bonds. The minimum absolute atomic E-state index is 0.104. The molecule has 0 aliphatic carbocycles. The summed E-state index contributed by atoms with van der Waals surface area (Å²) in [5, 5.41) is 15.5. The molecular weight excluding hydrogens is 360 g/mol. The first kappa shape index (κ1) is 14.0. The van der Waals surface area contributed by atoms with E-state index in [1.807, 2.05) is 6.92 Å². The summed E-state index contributed by atoms with van der Waals surface area (Å²) in [6, 6.07) is 6.41. The van der Waals surface area contributed by atoms with Crippen LogP contribution < -0.4 is 0 Å². The smallest absolute Gasteiger partial charge is 0.258 e. The molecule has 0 aliphatic rings. The van der Waals surface area contributed by atoms with E-state index in [4.69, 9.17) is 11.6 Å². The maximum absolute atomic E-state index is 11.0. The molecule has 0 fully saturated rings. The van der Waals surface area contributed by atoms with Crippen LogP contribution in [0.5, 0.6) is 0 Å². The molecule has 8 heteroatoms. The monoisotopic (exact) mass is 366 g/mol. The van der Waals surface area contributed by atoms with Crippen molar-refractivity contribution in [3.63, 3.8) is 0 Å². The summed E-state index contributed by atoms with van der Waals surface area (Å²) in [6.07, 6.45) is 1.64. The lowest BCUT2D eigenvalue weighted by Crippen LogP contribution is -1.97. The van der Waals surface area contributed by atoms with Crippen LogP contribution in [0.4, 0.5) is 5.69 Å². The first-order valence-corrected chi connectivity index (χ1v) is 7.10. The number of aryl methyl sites for hydroxylation is 1. The van der Waals surface area contributed by atoms with Gasteiger partial charge in [-0.05, 0) is 35.0 Å². The number of rotatable bonds is 2. The summed E-state index contributed by atoms with van der Waals surface area (Å²) in [7, 11) is 0. The first-order chi connectivity index (χ1) is 9.99. The summed E-state index contributed by atoms with van der Waals surface area (Å²) < 4.78 is 2.44. The molecule has 1 aromatic carbocycles. The molecule has 0 radical (unpaired) electrons. The van der Waals surface area contributed by atoms with Gasteiger partial charge in [0.2, 0.25) is 0 Å². The van der Waals surface area contributed by atoms with Crippen LogP contribution in [0.1, 0.15) is 5.69 Å². The third-order valence-electron chi connectivity index (χ3n) is 3.06. The van der Waals surface area contributed by atoms with Gasteiger partial charge in [-0.1, -0.05) is 17.7 Å². The molecule has 106 valence electrons. The Morgan fingerprint density at radius 3 is 2.86 bits per heavy atom. The second kappa shape index (κ2) is 5.09. The highest BCUT2D eigenvalue weighted by atomic mass is 79.9. The van der Waals surface area contributed by atoms with Gasteiger partial charge < -0.3 is 0 Å². The molecular formula is C13H8BrClN4O2. The molecule has 0 unspecified atom stereocenters. The molecule has 0 aliphatic heterocycles. The van der Waals surface area contributed by atoms with Gasteiger partial charge in [0.1, 0.15) is 5.02 Å². The minimum Gasteiger partial charge on any atom is -0.258 e. The van der Waals surface area contributed by atoms with Crippen LogP contribution in [0, 0.1) is 17.0 Å². The molecule has 21 heavy (non-hydrogen) atoms. The predicted molar refractivity (Wildman–Crippen MR) is 82.5 cm³/mol. The van der Waals surface area contributed by atoms with Crippen LogP contribution in [-0.4, -0.2) is 19.5 Å². The van der Waals surface area contributed by atoms with Crippen molar-refractivity contribution in [1.29, 1.82) is 0 Å². The van der Waals surface area contributed by atoms with Gasteiger partial charge in [-0.3, -0.25) is 10.1 Å². The lowest BCUT2D eigenvalue weighted by molar-refractivity contribution is -0.384. The average molecular weight is 368 g/mol. The van der Waals surface area contributed by atoms with Gasteiger partial charge in [0.25, 0.3) is 5.69 Å². The molecule has 0 saturated heterocycles. The number of fused-ring (bicyclic) bond motifs is 1. The van der Waals surface area contributed by atoms with Gasteiger partial charge in [0, 0.05) is 17.8 Å². The van der Waals surface area contributed by atoms with Gasteiger partial charge >= 0.3 is 0 Å². The van der Waals surface area contributed by atoms with E-state index in [0.717, 1.165) is 10.2 Å². The van der Waals surface area contributed by atoms with Crippen molar-refractivity contribution in [2.24, 2.45) is 0 Å². The fourth-order valence-electron chi connectivity index (χ4n) is 2.05. The van der Waals surface area contributed by atoms with Crippen molar-refractivity contribution < 1.29 is 4.92 Å². The van der Waals surface area contributed by atoms with E-state index in [1.54, 1.807) is 22.8 Å². The topological polar surface area (TPSA) is 73.3 Å². The summed E-state index contributed by atoms with van der Waals surface area (Å²) in [6.45, 7) is 1.85. The number of nitro benzene ring substituents is 1. The second-order valence-corrected chi connectivity index (χ2v) is 5.59. The summed E-state index contributed by atoms with van der Waals surface area (Å²) in [5.41, 5.74) is 2.66. The third kappa shape index (κ3) is 2.28. The van der Waals surface area contributed by atoms with E-state index in [-0.39, 0.29) is 10.7 Å². The van der Waals surface area contributed by atoms with E-state index in [0.29, 0.717) is 16.9 Å². The standard InChI is InChI=1S/C13H8BrClN4O2/c1-7-12(14)13-16-5-4-10(18(13)17-7)8-2-3-9(15)11(6-8)19(20)21/h2-6H,1H3. The Labute approximate surface area is 132 Å². The highest BCUT2D eigenvalue weighted by Crippen LogP contribution is 2.31. The van der Waals surface area contributed by atoms with Crippen LogP contribution in [0.3, 0.4) is 0 Å². The lowest BCUT2D eigenvalue weighted by Gasteiger charge is -2.05. The highest BCUT2D eigenvalue weighted by Gasteiger charge is 2.16. The first-order valence-electron chi connectivity index (χ1n) is 5.93. The number of nitrogens with zero attached hydrogens (tertiary/aromatic N) is 4. The molecule has 0 N–H and O–H groups in total. The van der Waals surface area contributed by atoms with Crippen molar-refractivity contribution in [2.45, 2.75) is 6.92 Å². The van der Waals surface area contributed by atoms with Gasteiger partial charge in [-0.15, -0.1) is 0 Å². The third-order valence-corrected chi connectivity index (χ3v) is 4.31. The van der Waals surface area contributed by atoms with E-state index in [9.17, 15) is 10.1 Å². The zero-order chi connectivity index (χ0) is 15.1. The van der Waals surface area contributed by atoms with Crippen LogP contribution in [0.15, 0.2) is 34.9 Å². The fourth-order valence-corrected chi connectivity index (χ4v) is 2.59. The molecule has 2 aromatic heterocycles. The molecule has 0 atom stereocenters. The maximum Gasteiger partial charge on any atom is 0.288 e. The van der Waals surface area contributed by atoms with Crippen molar-refractivity contribution in [1.82, 2.24) is 14.6 Å². The van der Waals surface area contributed by atoms with E-state index < -0.39 is 4.92 Å². The number of hydrogen-bond donors (Lipinski definition) is 0. The quantitative estimate of drug-likeness (QED) is 0.506. The maximum atomic E-state index is 11.0. The molecule has 0 bridgehead atoms. The summed E-state index contributed by atoms with van der Waals surface area (Å²) in [5.74, 6) is 0. The number of benzene rings is 1. The number of hydrogen-bond acceptors (Lipinski definition) is 4. The molecule has 3 rings (SSSR count). The van der Waals surface area contributed by atoms with Crippen molar-refractivity contribution in [3.05, 3.63) is 55.8 Å². The normalized spacial score (nSPS) is 11.0. The number of aromatic nitrogens is 3. The molecule has 6 nitrogen and oxygen atoms in total. The van der Waals surface area contributed by atoms with E-state index in [1.165, 1.54) is 12.1 Å². The zero-order valence-electron chi connectivity index (χ0n) is 10.7. The van der Waals surface area contributed by atoms with Gasteiger partial charge in [-0.2, -0.15) is 5.10 Å². The van der Waals surface area contributed by atoms with Crippen LogP contribution >= 0.6 is 27.5 Å². The molecule has 0 spiro atoms. The van der Waals surface area contributed by atoms with Crippen molar-refractivity contribution >= 4 is 38.9 Å². The Hall–Kier alpha value is -1.99. The van der Waals surface area contributed by atoms with E-state index >= 15 is 0 Å². The van der Waals surface area contributed by atoms with Crippen LogP contribution in [0.25, 0.3) is 16.9 Å². The Bertz CT molecular complexity index is 878. The van der Waals surface area contributed by atoms with Crippen LogP contribution in [-0.2, 0) is 0 Å². The second-order valence-electron chi connectivity index (χ2n) is 4.39. The summed E-state index contributed by atoms with van der Waals surface area (Å²) in [4.78, 5) is 14.8.